The number of anilines is 1. The minimum atomic E-state index is -4.10. The third-order valence-electron chi connectivity index (χ3n) is 2.36. The fraction of sp³-hybridized carbons (Fsp3) is 0.364. The summed E-state index contributed by atoms with van der Waals surface area (Å²) in [6.07, 6.45) is -3.72. The van der Waals surface area contributed by atoms with Crippen LogP contribution >= 0.6 is 12.2 Å². The molecule has 0 aliphatic rings. The van der Waals surface area contributed by atoms with Gasteiger partial charge in [-0.1, -0.05) is 24.4 Å². The Labute approximate surface area is 107 Å². The molecule has 0 fully saturated rings. The molecular formula is C11H12F4N2S. The summed E-state index contributed by atoms with van der Waals surface area (Å²) in [5.41, 5.74) is 6.65. The number of aryl methyl sites for hydroxylation is 1. The molecule has 0 bridgehead atoms. The maximum absolute atomic E-state index is 12.8. The lowest BCUT2D eigenvalue weighted by molar-refractivity contribution is -0.117. The highest BCUT2D eigenvalue weighted by atomic mass is 32.1. The van der Waals surface area contributed by atoms with Crippen LogP contribution in [0.25, 0.3) is 0 Å². The van der Waals surface area contributed by atoms with E-state index in [2.05, 4.69) is 5.32 Å². The van der Waals surface area contributed by atoms with Gasteiger partial charge in [0, 0.05) is 11.3 Å². The van der Waals surface area contributed by atoms with Gasteiger partial charge in [0.1, 0.15) is 4.99 Å². The summed E-state index contributed by atoms with van der Waals surface area (Å²) in [4.78, 5) is 0.0153. The van der Waals surface area contributed by atoms with Crippen molar-refractivity contribution in [3.63, 3.8) is 0 Å². The second-order valence-electron chi connectivity index (χ2n) is 3.78. The maximum Gasteiger partial charge on any atom is 0.324 e. The van der Waals surface area contributed by atoms with Crippen molar-refractivity contribution in [2.45, 2.75) is 19.3 Å². The highest BCUT2D eigenvalue weighted by Crippen LogP contribution is 2.26. The van der Waals surface area contributed by atoms with Crippen LogP contribution in [0.2, 0.25) is 0 Å². The molecule has 3 N–H and O–H groups in total. The zero-order valence-corrected chi connectivity index (χ0v) is 10.3. The molecule has 0 saturated carbocycles. The average Bonchev–Trinajstić information content (AvgIpc) is 2.26. The normalized spacial score (nSPS) is 11.7. The summed E-state index contributed by atoms with van der Waals surface area (Å²) in [7, 11) is 0. The molecule has 0 aliphatic carbocycles. The van der Waals surface area contributed by atoms with Gasteiger partial charge in [-0.25, -0.2) is 8.78 Å². The summed E-state index contributed by atoms with van der Waals surface area (Å²) in [5.74, 6) is -4.10. The number of benzene rings is 1. The van der Waals surface area contributed by atoms with E-state index in [-0.39, 0.29) is 10.7 Å². The minimum absolute atomic E-state index is 0.0153. The van der Waals surface area contributed by atoms with E-state index >= 15 is 0 Å². The van der Waals surface area contributed by atoms with Gasteiger partial charge < -0.3 is 11.1 Å². The highest BCUT2D eigenvalue weighted by Gasteiger charge is 2.40. The quantitative estimate of drug-likeness (QED) is 0.643. The zero-order chi connectivity index (χ0) is 13.9. The van der Waals surface area contributed by atoms with Gasteiger partial charge in [0.2, 0.25) is 0 Å². The maximum atomic E-state index is 12.8. The van der Waals surface area contributed by atoms with Crippen molar-refractivity contribution in [1.82, 2.24) is 0 Å². The molecule has 0 amide bonds. The number of hydrogen-bond acceptors (Lipinski definition) is 2. The largest absolute Gasteiger partial charge is 0.389 e. The summed E-state index contributed by atoms with van der Waals surface area (Å²) >= 11 is 4.77. The first-order chi connectivity index (χ1) is 8.25. The fourth-order valence-corrected chi connectivity index (χ4v) is 1.56. The van der Waals surface area contributed by atoms with Crippen LogP contribution in [0.4, 0.5) is 23.2 Å². The lowest BCUT2D eigenvalue weighted by Gasteiger charge is -2.19. The molecule has 0 radical (unpaired) electrons. The first-order valence-corrected chi connectivity index (χ1v) is 5.46. The zero-order valence-electron chi connectivity index (χ0n) is 9.51. The van der Waals surface area contributed by atoms with Crippen LogP contribution in [0.15, 0.2) is 18.2 Å². The third kappa shape index (κ3) is 3.32. The summed E-state index contributed by atoms with van der Waals surface area (Å²) < 4.78 is 49.7. The number of thiocarbonyl (C=S) groups is 1. The lowest BCUT2D eigenvalue weighted by Crippen LogP contribution is -2.35. The van der Waals surface area contributed by atoms with E-state index < -0.39 is 18.9 Å². The Morgan fingerprint density at radius 1 is 1.44 bits per heavy atom. The third-order valence-corrected chi connectivity index (χ3v) is 2.58. The SMILES string of the molecule is Cc1cccc(C(N)=S)c1NCC(F)(F)C(F)F. The fourth-order valence-electron chi connectivity index (χ4n) is 1.39. The molecule has 0 unspecified atom stereocenters. The van der Waals surface area contributed by atoms with Crippen LogP contribution in [0.1, 0.15) is 11.1 Å². The first-order valence-electron chi connectivity index (χ1n) is 5.05. The summed E-state index contributed by atoms with van der Waals surface area (Å²) in [5, 5.41) is 2.29. The van der Waals surface area contributed by atoms with Crippen LogP contribution in [0, 0.1) is 6.92 Å². The van der Waals surface area contributed by atoms with Crippen molar-refractivity contribution in [2.75, 3.05) is 11.9 Å². The van der Waals surface area contributed by atoms with Crippen molar-refractivity contribution in [1.29, 1.82) is 0 Å². The van der Waals surface area contributed by atoms with Gasteiger partial charge >= 0.3 is 12.3 Å². The van der Waals surface area contributed by atoms with Crippen molar-refractivity contribution < 1.29 is 17.6 Å². The highest BCUT2D eigenvalue weighted by molar-refractivity contribution is 7.80. The Balaban J connectivity index is 2.95. The van der Waals surface area contributed by atoms with E-state index in [1.165, 1.54) is 6.07 Å². The van der Waals surface area contributed by atoms with Crippen LogP contribution in [0.5, 0.6) is 0 Å². The van der Waals surface area contributed by atoms with Gasteiger partial charge in [0.25, 0.3) is 0 Å². The predicted molar refractivity (Wildman–Crippen MR) is 66.5 cm³/mol. The van der Waals surface area contributed by atoms with Crippen LogP contribution in [-0.2, 0) is 0 Å². The molecule has 1 aromatic carbocycles. The van der Waals surface area contributed by atoms with Gasteiger partial charge in [-0.05, 0) is 18.6 Å². The number of halogens is 4. The Morgan fingerprint density at radius 3 is 2.56 bits per heavy atom. The molecule has 18 heavy (non-hydrogen) atoms. The van der Waals surface area contributed by atoms with Crippen LogP contribution in [-0.4, -0.2) is 23.9 Å². The van der Waals surface area contributed by atoms with E-state index in [4.69, 9.17) is 18.0 Å². The Morgan fingerprint density at radius 2 is 2.06 bits per heavy atom. The molecule has 0 saturated heterocycles. The predicted octanol–water partition coefficient (Wildman–Crippen LogP) is 2.94. The first kappa shape index (κ1) is 14.7. The van der Waals surface area contributed by atoms with Crippen LogP contribution in [0.3, 0.4) is 0 Å². The second kappa shape index (κ2) is 5.51. The molecule has 2 nitrogen and oxygen atoms in total. The summed E-state index contributed by atoms with van der Waals surface area (Å²) in [6, 6.07) is 4.84. The summed E-state index contributed by atoms with van der Waals surface area (Å²) in [6.45, 7) is 0.468. The van der Waals surface area contributed by atoms with Gasteiger partial charge in [-0.15, -0.1) is 0 Å². The Kier molecular flexibility index (Phi) is 4.50. The van der Waals surface area contributed by atoms with Crippen molar-refractivity contribution in [2.24, 2.45) is 5.73 Å². The van der Waals surface area contributed by atoms with Gasteiger partial charge in [0.15, 0.2) is 0 Å². The Hall–Kier alpha value is -1.37. The number of nitrogens with two attached hydrogens (primary N) is 1. The second-order valence-corrected chi connectivity index (χ2v) is 4.22. The van der Waals surface area contributed by atoms with Crippen molar-refractivity contribution in [3.05, 3.63) is 29.3 Å². The molecule has 7 heteroatoms. The van der Waals surface area contributed by atoms with E-state index in [9.17, 15) is 17.6 Å². The topological polar surface area (TPSA) is 38.0 Å². The van der Waals surface area contributed by atoms with E-state index in [1.54, 1.807) is 19.1 Å². The standard InChI is InChI=1S/C11H12F4N2S/c1-6-3-2-4-7(9(16)18)8(6)17-5-11(14,15)10(12)13/h2-4,10,17H,5H2,1H3,(H2,16,18). The van der Waals surface area contributed by atoms with Crippen molar-refractivity contribution in [3.8, 4) is 0 Å². The van der Waals surface area contributed by atoms with Crippen LogP contribution < -0.4 is 11.1 Å². The van der Waals surface area contributed by atoms with Gasteiger partial charge in [-0.3, -0.25) is 0 Å². The number of hydrogen-bond donors (Lipinski definition) is 2. The minimum Gasteiger partial charge on any atom is -0.389 e. The molecule has 0 spiro atoms. The molecule has 0 aromatic heterocycles. The lowest BCUT2D eigenvalue weighted by atomic mass is 10.1. The van der Waals surface area contributed by atoms with Crippen molar-refractivity contribution >= 4 is 22.9 Å². The molecule has 1 rings (SSSR count). The molecule has 0 atom stereocenters. The molecule has 100 valence electrons. The smallest absolute Gasteiger partial charge is 0.324 e. The molecular weight excluding hydrogens is 268 g/mol. The molecule has 1 aromatic rings. The van der Waals surface area contributed by atoms with E-state index in [1.807, 2.05) is 0 Å². The number of nitrogens with one attached hydrogen (secondary N) is 1. The van der Waals surface area contributed by atoms with E-state index in [0.29, 0.717) is 11.1 Å². The van der Waals surface area contributed by atoms with E-state index in [0.717, 1.165) is 0 Å². The number of para-hydroxylation sites is 1. The van der Waals surface area contributed by atoms with Gasteiger partial charge in [-0.2, -0.15) is 8.78 Å². The van der Waals surface area contributed by atoms with Gasteiger partial charge in [0.05, 0.1) is 6.54 Å². The number of alkyl halides is 4. The number of rotatable bonds is 5. The molecule has 0 heterocycles. The Bertz CT molecular complexity index is 449. The monoisotopic (exact) mass is 280 g/mol. The molecule has 0 aliphatic heterocycles. The average molecular weight is 280 g/mol.